The molecule has 1 aromatic carbocycles. The van der Waals surface area contributed by atoms with Gasteiger partial charge in [0.2, 0.25) is 0 Å². The first kappa shape index (κ1) is 9.75. The number of nitrogens with one attached hydrogen (secondary N) is 1. The highest BCUT2D eigenvalue weighted by Gasteiger charge is 1.96. The van der Waals surface area contributed by atoms with Crippen LogP contribution in [0.4, 0.5) is 5.69 Å². The number of halogens is 1. The summed E-state index contributed by atoms with van der Waals surface area (Å²) in [6, 6.07) is 5.74. The van der Waals surface area contributed by atoms with Crippen LogP contribution in [0.25, 0.3) is 0 Å². The van der Waals surface area contributed by atoms with Crippen LogP contribution in [0.5, 0.6) is 0 Å². The van der Waals surface area contributed by atoms with Gasteiger partial charge in [-0.3, -0.25) is 0 Å². The molecule has 0 aliphatic heterocycles. The summed E-state index contributed by atoms with van der Waals surface area (Å²) in [5.74, 6) is 0. The second-order valence-electron chi connectivity index (χ2n) is 2.59. The van der Waals surface area contributed by atoms with Crippen LogP contribution in [0, 0.1) is 0 Å². The molecule has 1 aromatic rings. The lowest BCUT2D eigenvalue weighted by molar-refractivity contribution is 0.979. The molecule has 0 amide bonds. The number of hydrogen-bond donors (Lipinski definition) is 2. The average Bonchev–Trinajstić information content (AvgIpc) is 2.07. The fourth-order valence-corrected chi connectivity index (χ4v) is 1.22. The Morgan fingerprint density at radius 2 is 2.25 bits per heavy atom. The van der Waals surface area contributed by atoms with Gasteiger partial charge < -0.3 is 5.32 Å². The minimum absolute atomic E-state index is 0.695. The minimum atomic E-state index is 0.695. The summed E-state index contributed by atoms with van der Waals surface area (Å²) >= 11 is 10.0. The van der Waals surface area contributed by atoms with Crippen molar-refractivity contribution in [3.63, 3.8) is 0 Å². The second-order valence-corrected chi connectivity index (χ2v) is 3.48. The van der Waals surface area contributed by atoms with Gasteiger partial charge in [0.25, 0.3) is 0 Å². The summed E-state index contributed by atoms with van der Waals surface area (Å²) in [6.45, 7) is 3.11. The molecule has 0 spiro atoms. The van der Waals surface area contributed by atoms with Gasteiger partial charge >= 0.3 is 0 Å². The molecule has 12 heavy (non-hydrogen) atoms. The van der Waals surface area contributed by atoms with Gasteiger partial charge in [0.1, 0.15) is 0 Å². The van der Waals surface area contributed by atoms with Crippen molar-refractivity contribution in [3.05, 3.63) is 23.2 Å². The fourth-order valence-electron chi connectivity index (χ4n) is 0.892. The van der Waals surface area contributed by atoms with E-state index in [0.717, 1.165) is 23.5 Å². The lowest BCUT2D eigenvalue weighted by Crippen LogP contribution is -1.98. The maximum atomic E-state index is 5.81. The highest BCUT2D eigenvalue weighted by Crippen LogP contribution is 2.23. The third kappa shape index (κ3) is 2.61. The molecular formula is C9H12ClNS. The lowest BCUT2D eigenvalue weighted by Gasteiger charge is -2.05. The molecular weight excluding hydrogens is 190 g/mol. The van der Waals surface area contributed by atoms with Gasteiger partial charge in [0.15, 0.2) is 0 Å². The minimum Gasteiger partial charge on any atom is -0.385 e. The van der Waals surface area contributed by atoms with Crippen LogP contribution in [0.15, 0.2) is 23.1 Å². The Bertz CT molecular complexity index is 263. The molecule has 0 saturated carbocycles. The summed E-state index contributed by atoms with van der Waals surface area (Å²) in [4.78, 5) is 0.817. The third-order valence-electron chi connectivity index (χ3n) is 1.53. The van der Waals surface area contributed by atoms with Gasteiger partial charge in [0, 0.05) is 17.1 Å². The first-order chi connectivity index (χ1) is 5.74. The Kier molecular flexibility index (Phi) is 3.76. The molecule has 0 saturated heterocycles. The van der Waals surface area contributed by atoms with Crippen molar-refractivity contribution in [2.45, 2.75) is 18.2 Å². The summed E-state index contributed by atoms with van der Waals surface area (Å²) < 4.78 is 0. The summed E-state index contributed by atoms with van der Waals surface area (Å²) in [7, 11) is 0. The molecule has 1 rings (SSSR count). The van der Waals surface area contributed by atoms with Crippen molar-refractivity contribution in [3.8, 4) is 0 Å². The first-order valence-corrected chi connectivity index (χ1v) is 4.79. The zero-order valence-corrected chi connectivity index (χ0v) is 8.62. The van der Waals surface area contributed by atoms with Crippen LogP contribution in [-0.4, -0.2) is 6.54 Å². The number of hydrogen-bond acceptors (Lipinski definition) is 2. The van der Waals surface area contributed by atoms with E-state index in [1.807, 2.05) is 18.2 Å². The SMILES string of the molecule is CCCNc1ccc(Cl)c(S)c1. The van der Waals surface area contributed by atoms with E-state index < -0.39 is 0 Å². The quantitative estimate of drug-likeness (QED) is 0.714. The van der Waals surface area contributed by atoms with E-state index in [4.69, 9.17) is 11.6 Å². The van der Waals surface area contributed by atoms with E-state index in [1.54, 1.807) is 0 Å². The Labute approximate surface area is 83.5 Å². The van der Waals surface area contributed by atoms with Crippen LogP contribution in [0.2, 0.25) is 5.02 Å². The zero-order valence-electron chi connectivity index (χ0n) is 6.97. The van der Waals surface area contributed by atoms with E-state index in [-0.39, 0.29) is 0 Å². The van der Waals surface area contributed by atoms with Gasteiger partial charge in [-0.15, -0.1) is 12.6 Å². The second kappa shape index (κ2) is 4.63. The lowest BCUT2D eigenvalue weighted by atomic mass is 10.3. The van der Waals surface area contributed by atoms with E-state index in [1.165, 1.54) is 0 Å². The van der Waals surface area contributed by atoms with E-state index >= 15 is 0 Å². The van der Waals surface area contributed by atoms with Gasteiger partial charge in [0.05, 0.1) is 5.02 Å². The highest BCUT2D eigenvalue weighted by molar-refractivity contribution is 7.80. The van der Waals surface area contributed by atoms with Crippen LogP contribution in [0.1, 0.15) is 13.3 Å². The Hall–Kier alpha value is -0.340. The normalized spacial score (nSPS) is 9.92. The molecule has 0 fully saturated rings. The largest absolute Gasteiger partial charge is 0.385 e. The Morgan fingerprint density at radius 1 is 1.50 bits per heavy atom. The van der Waals surface area contributed by atoms with Gasteiger partial charge in [-0.2, -0.15) is 0 Å². The molecule has 0 radical (unpaired) electrons. The van der Waals surface area contributed by atoms with E-state index in [9.17, 15) is 0 Å². The number of anilines is 1. The molecule has 0 heterocycles. The molecule has 3 heteroatoms. The third-order valence-corrected chi connectivity index (χ3v) is 2.36. The maximum absolute atomic E-state index is 5.81. The van der Waals surface area contributed by atoms with E-state index in [0.29, 0.717) is 5.02 Å². The summed E-state index contributed by atoms with van der Waals surface area (Å²) in [5, 5.41) is 3.95. The zero-order chi connectivity index (χ0) is 8.97. The molecule has 0 atom stereocenters. The van der Waals surface area contributed by atoms with Crippen molar-refractivity contribution in [1.82, 2.24) is 0 Å². The number of rotatable bonds is 3. The van der Waals surface area contributed by atoms with Crippen molar-refractivity contribution in [2.75, 3.05) is 11.9 Å². The molecule has 0 bridgehead atoms. The van der Waals surface area contributed by atoms with Crippen LogP contribution in [-0.2, 0) is 0 Å². The van der Waals surface area contributed by atoms with Crippen LogP contribution < -0.4 is 5.32 Å². The monoisotopic (exact) mass is 201 g/mol. The summed E-state index contributed by atoms with van der Waals surface area (Å²) in [6.07, 6.45) is 1.12. The molecule has 66 valence electrons. The Balaban J connectivity index is 2.69. The predicted molar refractivity (Wildman–Crippen MR) is 57.5 cm³/mol. The molecule has 0 aliphatic rings. The molecule has 1 N–H and O–H groups in total. The number of benzene rings is 1. The van der Waals surface area contributed by atoms with Crippen LogP contribution in [0.3, 0.4) is 0 Å². The van der Waals surface area contributed by atoms with Gasteiger partial charge in [-0.1, -0.05) is 18.5 Å². The van der Waals surface area contributed by atoms with Crippen molar-refractivity contribution < 1.29 is 0 Å². The smallest absolute Gasteiger partial charge is 0.0540 e. The topological polar surface area (TPSA) is 12.0 Å². The maximum Gasteiger partial charge on any atom is 0.0540 e. The van der Waals surface area contributed by atoms with Gasteiger partial charge in [-0.25, -0.2) is 0 Å². The van der Waals surface area contributed by atoms with E-state index in [2.05, 4.69) is 24.9 Å². The van der Waals surface area contributed by atoms with Crippen molar-refractivity contribution in [1.29, 1.82) is 0 Å². The van der Waals surface area contributed by atoms with Crippen LogP contribution >= 0.6 is 24.2 Å². The summed E-state index contributed by atoms with van der Waals surface area (Å²) in [5.41, 5.74) is 1.08. The molecule has 1 nitrogen and oxygen atoms in total. The molecule has 0 unspecified atom stereocenters. The average molecular weight is 202 g/mol. The fraction of sp³-hybridized carbons (Fsp3) is 0.333. The van der Waals surface area contributed by atoms with Crippen molar-refractivity contribution in [2.24, 2.45) is 0 Å². The standard InChI is InChI=1S/C9H12ClNS/c1-2-5-11-7-3-4-8(10)9(12)6-7/h3-4,6,11-12H,2,5H2,1H3. The van der Waals surface area contributed by atoms with Crippen molar-refractivity contribution >= 4 is 29.9 Å². The molecule has 0 aromatic heterocycles. The Morgan fingerprint density at radius 3 is 2.83 bits per heavy atom. The highest BCUT2D eigenvalue weighted by atomic mass is 35.5. The number of thiol groups is 1. The molecule has 0 aliphatic carbocycles. The predicted octanol–water partition coefficient (Wildman–Crippen LogP) is 3.45. The van der Waals surface area contributed by atoms with Gasteiger partial charge in [-0.05, 0) is 24.6 Å². The first-order valence-electron chi connectivity index (χ1n) is 3.96.